The van der Waals surface area contributed by atoms with Crippen molar-refractivity contribution in [1.29, 1.82) is 0 Å². The van der Waals surface area contributed by atoms with Gasteiger partial charge in [0.05, 0.1) is 13.2 Å². The Morgan fingerprint density at radius 3 is 2.19 bits per heavy atom. The van der Waals surface area contributed by atoms with Crippen LogP contribution in [0.25, 0.3) is 0 Å². The normalized spacial score (nSPS) is 10.5. The van der Waals surface area contributed by atoms with Crippen molar-refractivity contribution in [2.24, 2.45) is 0 Å². The van der Waals surface area contributed by atoms with Crippen molar-refractivity contribution in [3.63, 3.8) is 0 Å². The second-order valence-corrected chi connectivity index (χ2v) is 4.36. The first-order valence-electron chi connectivity index (χ1n) is 5.54. The van der Waals surface area contributed by atoms with E-state index in [9.17, 15) is 0 Å². The van der Waals surface area contributed by atoms with Crippen LogP contribution in [0.5, 0.6) is 5.75 Å². The van der Waals surface area contributed by atoms with Gasteiger partial charge in [0.25, 0.3) is 0 Å². The van der Waals surface area contributed by atoms with Crippen LogP contribution in [0.3, 0.4) is 0 Å². The Hall–Kier alpha value is -0.670. The summed E-state index contributed by atoms with van der Waals surface area (Å²) in [4.78, 5) is 0. The van der Waals surface area contributed by atoms with Gasteiger partial charge in [0.1, 0.15) is 12.4 Å². The van der Waals surface area contributed by atoms with Gasteiger partial charge in [-0.2, -0.15) is 12.6 Å². The third-order valence-corrected chi connectivity index (χ3v) is 2.50. The molecule has 0 radical (unpaired) electrons. The van der Waals surface area contributed by atoms with Crippen LogP contribution in [-0.2, 0) is 4.74 Å². The van der Waals surface area contributed by atoms with E-state index in [0.29, 0.717) is 19.8 Å². The molecule has 0 amide bonds. The van der Waals surface area contributed by atoms with Gasteiger partial charge in [-0.05, 0) is 31.9 Å². The predicted octanol–water partition coefficient (Wildman–Crippen LogP) is 2.94. The van der Waals surface area contributed by atoms with Gasteiger partial charge >= 0.3 is 0 Å². The zero-order chi connectivity index (χ0) is 12.0. The monoisotopic (exact) mass is 240 g/mol. The first-order chi connectivity index (χ1) is 7.65. The van der Waals surface area contributed by atoms with Crippen LogP contribution >= 0.6 is 12.6 Å². The zero-order valence-corrected chi connectivity index (χ0v) is 11.1. The fraction of sp³-hybridized carbons (Fsp3) is 0.538. The molecule has 0 aliphatic carbocycles. The van der Waals surface area contributed by atoms with E-state index in [1.165, 1.54) is 16.7 Å². The van der Waals surface area contributed by atoms with E-state index in [2.05, 4.69) is 45.5 Å². The summed E-state index contributed by atoms with van der Waals surface area (Å²) < 4.78 is 11.0. The Bertz CT molecular complexity index is 314. The van der Waals surface area contributed by atoms with Crippen LogP contribution < -0.4 is 4.74 Å². The summed E-state index contributed by atoms with van der Waals surface area (Å²) in [5.74, 6) is 1.74. The second kappa shape index (κ2) is 6.81. The smallest absolute Gasteiger partial charge is 0.125 e. The lowest BCUT2D eigenvalue weighted by atomic mass is 10.1. The van der Waals surface area contributed by atoms with Gasteiger partial charge in [0, 0.05) is 5.75 Å². The van der Waals surface area contributed by atoms with E-state index >= 15 is 0 Å². The summed E-state index contributed by atoms with van der Waals surface area (Å²) in [6, 6.07) is 4.27. The Balaban J connectivity index is 2.47. The van der Waals surface area contributed by atoms with E-state index in [1.807, 2.05) is 0 Å². The third kappa shape index (κ3) is 4.06. The first kappa shape index (κ1) is 13.4. The molecule has 0 bridgehead atoms. The standard InChI is InChI=1S/C13H20O2S/c1-10-8-11(2)13(12(3)9-10)15-5-4-14-6-7-16/h8-9,16H,4-7H2,1-3H3. The van der Waals surface area contributed by atoms with Gasteiger partial charge < -0.3 is 9.47 Å². The maximum absolute atomic E-state index is 5.72. The lowest BCUT2D eigenvalue weighted by Gasteiger charge is -2.13. The van der Waals surface area contributed by atoms with Crippen molar-refractivity contribution in [3.8, 4) is 5.75 Å². The highest BCUT2D eigenvalue weighted by atomic mass is 32.1. The van der Waals surface area contributed by atoms with Crippen molar-refractivity contribution in [3.05, 3.63) is 28.8 Å². The molecule has 0 spiro atoms. The summed E-state index contributed by atoms with van der Waals surface area (Å²) in [6.45, 7) is 8.14. The second-order valence-electron chi connectivity index (χ2n) is 3.91. The number of benzene rings is 1. The van der Waals surface area contributed by atoms with Crippen molar-refractivity contribution in [2.75, 3.05) is 25.6 Å². The molecule has 0 fully saturated rings. The van der Waals surface area contributed by atoms with E-state index in [1.54, 1.807) is 0 Å². The molecule has 0 aliphatic rings. The SMILES string of the molecule is Cc1cc(C)c(OCCOCCS)c(C)c1. The van der Waals surface area contributed by atoms with Gasteiger partial charge in [-0.25, -0.2) is 0 Å². The molecule has 0 aliphatic heterocycles. The molecule has 2 nitrogen and oxygen atoms in total. The average Bonchev–Trinajstić information content (AvgIpc) is 2.20. The minimum Gasteiger partial charge on any atom is -0.491 e. The first-order valence-corrected chi connectivity index (χ1v) is 6.17. The van der Waals surface area contributed by atoms with Crippen LogP contribution in [0, 0.1) is 20.8 Å². The number of aryl methyl sites for hydroxylation is 3. The van der Waals surface area contributed by atoms with Crippen molar-refractivity contribution < 1.29 is 9.47 Å². The Kier molecular flexibility index (Phi) is 5.71. The minimum absolute atomic E-state index is 0.596. The fourth-order valence-electron chi connectivity index (χ4n) is 1.76. The maximum Gasteiger partial charge on any atom is 0.125 e. The van der Waals surface area contributed by atoms with Crippen LogP contribution in [0.4, 0.5) is 0 Å². The van der Waals surface area contributed by atoms with Gasteiger partial charge in [0.2, 0.25) is 0 Å². The summed E-state index contributed by atoms with van der Waals surface area (Å²) >= 11 is 4.07. The summed E-state index contributed by atoms with van der Waals surface area (Å²) in [7, 11) is 0. The van der Waals surface area contributed by atoms with Gasteiger partial charge in [-0.15, -0.1) is 0 Å². The molecule has 3 heteroatoms. The van der Waals surface area contributed by atoms with Crippen LogP contribution in [0.2, 0.25) is 0 Å². The highest BCUT2D eigenvalue weighted by Gasteiger charge is 2.04. The molecule has 1 aromatic carbocycles. The number of ether oxygens (including phenoxy) is 2. The number of hydrogen-bond donors (Lipinski definition) is 1. The van der Waals surface area contributed by atoms with E-state index in [0.717, 1.165) is 11.5 Å². The topological polar surface area (TPSA) is 18.5 Å². The molecule has 1 rings (SSSR count). The summed E-state index contributed by atoms with van der Waals surface area (Å²) in [5, 5.41) is 0. The Morgan fingerprint density at radius 1 is 1.00 bits per heavy atom. The Morgan fingerprint density at radius 2 is 1.62 bits per heavy atom. The molecule has 0 heterocycles. The molecule has 0 N–H and O–H groups in total. The van der Waals surface area contributed by atoms with E-state index in [4.69, 9.17) is 9.47 Å². The number of hydrogen-bond acceptors (Lipinski definition) is 3. The van der Waals surface area contributed by atoms with Gasteiger partial charge in [-0.3, -0.25) is 0 Å². The summed E-state index contributed by atoms with van der Waals surface area (Å²) in [6.07, 6.45) is 0. The molecule has 16 heavy (non-hydrogen) atoms. The Labute approximate surface area is 103 Å². The average molecular weight is 240 g/mol. The molecular weight excluding hydrogens is 220 g/mol. The predicted molar refractivity (Wildman–Crippen MR) is 70.8 cm³/mol. The molecule has 0 aromatic heterocycles. The van der Waals surface area contributed by atoms with Crippen LogP contribution in [-0.4, -0.2) is 25.6 Å². The van der Waals surface area contributed by atoms with Crippen molar-refractivity contribution in [1.82, 2.24) is 0 Å². The molecule has 1 aromatic rings. The van der Waals surface area contributed by atoms with Crippen LogP contribution in [0.1, 0.15) is 16.7 Å². The molecule has 90 valence electrons. The highest BCUT2D eigenvalue weighted by Crippen LogP contribution is 2.24. The van der Waals surface area contributed by atoms with Crippen LogP contribution in [0.15, 0.2) is 12.1 Å². The zero-order valence-electron chi connectivity index (χ0n) is 10.2. The lowest BCUT2D eigenvalue weighted by molar-refractivity contribution is 0.111. The molecule has 0 saturated heterocycles. The van der Waals surface area contributed by atoms with Crippen molar-refractivity contribution in [2.45, 2.75) is 20.8 Å². The molecular formula is C13H20O2S. The number of rotatable bonds is 6. The maximum atomic E-state index is 5.72. The van der Waals surface area contributed by atoms with E-state index in [-0.39, 0.29) is 0 Å². The third-order valence-electron chi connectivity index (χ3n) is 2.31. The molecule has 0 unspecified atom stereocenters. The highest BCUT2D eigenvalue weighted by molar-refractivity contribution is 7.80. The lowest BCUT2D eigenvalue weighted by Crippen LogP contribution is -2.09. The van der Waals surface area contributed by atoms with Gasteiger partial charge in [-0.1, -0.05) is 17.7 Å². The minimum atomic E-state index is 0.596. The molecule has 0 atom stereocenters. The van der Waals surface area contributed by atoms with Crippen molar-refractivity contribution >= 4 is 12.6 Å². The fourth-order valence-corrected chi connectivity index (χ4v) is 1.89. The number of thiol groups is 1. The quantitative estimate of drug-likeness (QED) is 0.609. The van der Waals surface area contributed by atoms with Gasteiger partial charge in [0.15, 0.2) is 0 Å². The molecule has 0 saturated carbocycles. The largest absolute Gasteiger partial charge is 0.491 e. The summed E-state index contributed by atoms with van der Waals surface area (Å²) in [5.41, 5.74) is 3.65. The van der Waals surface area contributed by atoms with E-state index < -0.39 is 0 Å².